The Morgan fingerprint density at radius 1 is 1.11 bits per heavy atom. The molecule has 0 aliphatic heterocycles. The molecule has 2 aromatic carbocycles. The molecule has 0 aromatic heterocycles. The summed E-state index contributed by atoms with van der Waals surface area (Å²) in [7, 11) is -2.24. The Morgan fingerprint density at radius 3 is 2.36 bits per heavy atom. The molecule has 0 saturated carbocycles. The van der Waals surface area contributed by atoms with Crippen molar-refractivity contribution in [1.82, 2.24) is 9.62 Å². The van der Waals surface area contributed by atoms with Gasteiger partial charge in [0, 0.05) is 19.7 Å². The third kappa shape index (κ3) is 6.44. The number of amides is 1. The Labute approximate surface area is 167 Å². The van der Waals surface area contributed by atoms with Crippen molar-refractivity contribution in [3.05, 3.63) is 65.7 Å². The Balaban J connectivity index is 2.19. The lowest BCUT2D eigenvalue weighted by atomic mass is 10.1. The number of hydrogen-bond acceptors (Lipinski definition) is 4. The molecule has 0 heterocycles. The quantitative estimate of drug-likeness (QED) is 0.660. The number of sulfonamides is 1. The van der Waals surface area contributed by atoms with Crippen LogP contribution in [0.1, 0.15) is 18.1 Å². The van der Waals surface area contributed by atoms with Crippen LogP contribution in [0.15, 0.2) is 59.5 Å². The summed E-state index contributed by atoms with van der Waals surface area (Å²) >= 11 is 0. The first-order valence-corrected chi connectivity index (χ1v) is 10.7. The minimum Gasteiger partial charge on any atom is -0.383 e. The van der Waals surface area contributed by atoms with E-state index in [0.717, 1.165) is 11.1 Å². The molecule has 0 bridgehead atoms. The molecule has 152 valence electrons. The first-order chi connectivity index (χ1) is 13.3. The predicted octanol–water partition coefficient (Wildman–Crippen LogP) is 2.38. The van der Waals surface area contributed by atoms with Crippen LogP contribution in [0, 0.1) is 6.92 Å². The summed E-state index contributed by atoms with van der Waals surface area (Å²) in [5.74, 6) is -0.353. The maximum atomic E-state index is 13.1. The fraction of sp³-hybridized carbons (Fsp3) is 0.381. The summed E-state index contributed by atoms with van der Waals surface area (Å²) < 4.78 is 32.5. The van der Waals surface area contributed by atoms with Crippen molar-refractivity contribution in [2.24, 2.45) is 0 Å². The van der Waals surface area contributed by atoms with Crippen molar-refractivity contribution in [3.63, 3.8) is 0 Å². The van der Waals surface area contributed by atoms with Gasteiger partial charge in [-0.25, -0.2) is 8.42 Å². The van der Waals surface area contributed by atoms with Gasteiger partial charge in [-0.2, -0.15) is 4.31 Å². The zero-order valence-corrected chi connectivity index (χ0v) is 17.4. The highest BCUT2D eigenvalue weighted by atomic mass is 32.2. The van der Waals surface area contributed by atoms with Crippen LogP contribution in [-0.2, 0) is 26.0 Å². The van der Waals surface area contributed by atoms with Gasteiger partial charge in [0.05, 0.1) is 18.0 Å². The molecule has 0 fully saturated rings. The molecule has 2 aromatic rings. The van der Waals surface area contributed by atoms with Gasteiger partial charge < -0.3 is 10.1 Å². The first-order valence-electron chi connectivity index (χ1n) is 9.22. The van der Waals surface area contributed by atoms with E-state index in [4.69, 9.17) is 4.74 Å². The maximum Gasteiger partial charge on any atom is 0.243 e. The van der Waals surface area contributed by atoms with E-state index in [1.54, 1.807) is 31.4 Å². The molecule has 1 N–H and O–H groups in total. The van der Waals surface area contributed by atoms with Crippen LogP contribution < -0.4 is 5.32 Å². The number of ether oxygens (including phenoxy) is 1. The molecule has 1 amide bonds. The summed E-state index contributed by atoms with van der Waals surface area (Å²) in [5.41, 5.74) is 1.99. The van der Waals surface area contributed by atoms with Crippen LogP contribution >= 0.6 is 0 Å². The van der Waals surface area contributed by atoms with E-state index in [0.29, 0.717) is 13.0 Å². The van der Waals surface area contributed by atoms with E-state index in [1.165, 1.54) is 4.31 Å². The summed E-state index contributed by atoms with van der Waals surface area (Å²) in [5, 5.41) is 2.77. The van der Waals surface area contributed by atoms with Gasteiger partial charge in [0.25, 0.3) is 0 Å². The number of nitrogens with zero attached hydrogens (tertiary/aromatic N) is 1. The molecule has 2 rings (SSSR count). The largest absolute Gasteiger partial charge is 0.383 e. The van der Waals surface area contributed by atoms with E-state index >= 15 is 0 Å². The normalized spacial score (nSPS) is 12.7. The van der Waals surface area contributed by atoms with Gasteiger partial charge in [0.2, 0.25) is 15.9 Å². The van der Waals surface area contributed by atoms with Gasteiger partial charge >= 0.3 is 0 Å². The monoisotopic (exact) mass is 404 g/mol. The molecule has 28 heavy (non-hydrogen) atoms. The zero-order chi connectivity index (χ0) is 20.6. The van der Waals surface area contributed by atoms with Gasteiger partial charge in [0.1, 0.15) is 0 Å². The summed E-state index contributed by atoms with van der Waals surface area (Å²) in [6.45, 7) is 4.04. The number of nitrogens with one attached hydrogen (secondary N) is 1. The number of aryl methyl sites for hydroxylation is 1. The highest BCUT2D eigenvalue weighted by molar-refractivity contribution is 7.89. The molecule has 0 aliphatic carbocycles. The van der Waals surface area contributed by atoms with E-state index < -0.39 is 10.0 Å². The number of hydrogen-bond donors (Lipinski definition) is 1. The lowest BCUT2D eigenvalue weighted by Gasteiger charge is -2.23. The molecule has 0 unspecified atom stereocenters. The minimum atomic E-state index is -3.79. The van der Waals surface area contributed by atoms with Crippen molar-refractivity contribution >= 4 is 15.9 Å². The average Bonchev–Trinajstić information content (AvgIpc) is 2.66. The lowest BCUT2D eigenvalue weighted by Crippen LogP contribution is -2.45. The predicted molar refractivity (Wildman–Crippen MR) is 110 cm³/mol. The number of benzene rings is 2. The van der Waals surface area contributed by atoms with Gasteiger partial charge in [-0.1, -0.05) is 48.0 Å². The van der Waals surface area contributed by atoms with Crippen LogP contribution in [-0.4, -0.2) is 51.5 Å². The van der Waals surface area contributed by atoms with Gasteiger partial charge in [-0.3, -0.25) is 4.79 Å². The molecule has 0 radical (unpaired) electrons. The second-order valence-corrected chi connectivity index (χ2v) is 8.75. The lowest BCUT2D eigenvalue weighted by molar-refractivity contribution is -0.122. The van der Waals surface area contributed by atoms with Crippen molar-refractivity contribution in [2.45, 2.75) is 31.2 Å². The first kappa shape index (κ1) is 22.1. The summed E-state index contributed by atoms with van der Waals surface area (Å²) in [6.07, 6.45) is 0.521. The van der Waals surface area contributed by atoms with Crippen LogP contribution in [0.4, 0.5) is 0 Å². The Hall–Kier alpha value is -2.22. The zero-order valence-electron chi connectivity index (χ0n) is 16.6. The van der Waals surface area contributed by atoms with Crippen LogP contribution in [0.3, 0.4) is 0 Å². The third-order valence-electron chi connectivity index (χ3n) is 4.30. The molecule has 0 spiro atoms. The number of carbonyl (C=O) groups is 1. The Kier molecular flexibility index (Phi) is 8.17. The van der Waals surface area contributed by atoms with Gasteiger partial charge in [-0.05, 0) is 38.0 Å². The summed E-state index contributed by atoms with van der Waals surface area (Å²) in [4.78, 5) is 12.6. The van der Waals surface area contributed by atoms with Crippen molar-refractivity contribution in [3.8, 4) is 0 Å². The molecule has 1 atom stereocenters. The van der Waals surface area contributed by atoms with E-state index in [1.807, 2.05) is 44.2 Å². The van der Waals surface area contributed by atoms with Gasteiger partial charge in [0.15, 0.2) is 0 Å². The van der Waals surface area contributed by atoms with Crippen molar-refractivity contribution < 1.29 is 17.9 Å². The van der Waals surface area contributed by atoms with Crippen LogP contribution in [0.5, 0.6) is 0 Å². The van der Waals surface area contributed by atoms with Crippen molar-refractivity contribution in [1.29, 1.82) is 0 Å². The Bertz CT molecular complexity index is 852. The SMILES string of the molecule is COC[C@@H](C)NC(=O)CN(CCc1ccccc1)S(=O)(=O)c1ccc(C)cc1. The second kappa shape index (κ2) is 10.4. The number of methoxy groups -OCH3 is 1. The fourth-order valence-electron chi connectivity index (χ4n) is 2.81. The summed E-state index contributed by atoms with van der Waals surface area (Å²) in [6, 6.07) is 16.1. The molecule has 0 saturated heterocycles. The topological polar surface area (TPSA) is 75.7 Å². The Morgan fingerprint density at radius 2 is 1.75 bits per heavy atom. The highest BCUT2D eigenvalue weighted by Gasteiger charge is 2.26. The molecule has 0 aliphatic rings. The van der Waals surface area contributed by atoms with Crippen LogP contribution in [0.2, 0.25) is 0 Å². The van der Waals surface area contributed by atoms with Gasteiger partial charge in [-0.15, -0.1) is 0 Å². The van der Waals surface area contributed by atoms with Crippen molar-refractivity contribution in [2.75, 3.05) is 26.8 Å². The molecular weight excluding hydrogens is 376 g/mol. The standard InChI is InChI=1S/C21H28N2O4S/c1-17-9-11-20(12-10-17)28(25,26)23(14-13-19-7-5-4-6-8-19)15-21(24)22-18(2)16-27-3/h4-12,18H,13-16H2,1-3H3,(H,22,24)/t18-/m1/s1. The van der Waals surface area contributed by atoms with E-state index in [2.05, 4.69) is 5.32 Å². The number of carbonyl (C=O) groups excluding carboxylic acids is 1. The van der Waals surface area contributed by atoms with Crippen LogP contribution in [0.25, 0.3) is 0 Å². The second-order valence-electron chi connectivity index (χ2n) is 6.81. The highest BCUT2D eigenvalue weighted by Crippen LogP contribution is 2.17. The molecule has 7 heteroatoms. The molecular formula is C21H28N2O4S. The smallest absolute Gasteiger partial charge is 0.243 e. The third-order valence-corrected chi connectivity index (χ3v) is 6.15. The fourth-order valence-corrected chi connectivity index (χ4v) is 4.21. The number of rotatable bonds is 10. The van der Waals surface area contributed by atoms with E-state index in [9.17, 15) is 13.2 Å². The van der Waals surface area contributed by atoms with E-state index in [-0.39, 0.29) is 29.9 Å². The molecule has 6 nitrogen and oxygen atoms in total. The average molecular weight is 405 g/mol. The minimum absolute atomic E-state index is 0.184. The maximum absolute atomic E-state index is 13.1.